The molecule has 0 radical (unpaired) electrons. The topological polar surface area (TPSA) is 66.0 Å². The highest BCUT2D eigenvalue weighted by Gasteiger charge is 2.27. The van der Waals surface area contributed by atoms with Crippen LogP contribution in [0.2, 0.25) is 0 Å². The summed E-state index contributed by atoms with van der Waals surface area (Å²) >= 11 is 1.88. The first kappa shape index (κ1) is 24.6. The van der Waals surface area contributed by atoms with E-state index < -0.39 is 12.7 Å². The number of nitrogens with one attached hydrogen (secondary N) is 3. The van der Waals surface area contributed by atoms with Gasteiger partial charge in [-0.3, -0.25) is 4.79 Å². The van der Waals surface area contributed by atoms with E-state index in [0.29, 0.717) is 23.4 Å². The molecule has 0 aliphatic carbocycles. The number of alkyl halides is 3. The van der Waals surface area contributed by atoms with Gasteiger partial charge in [-0.05, 0) is 60.4 Å². The number of halogens is 3. The summed E-state index contributed by atoms with van der Waals surface area (Å²) in [5.41, 5.74) is 2.56. The molecule has 3 N–H and O–H groups in total. The zero-order valence-corrected chi connectivity index (χ0v) is 19.8. The Kier molecular flexibility index (Phi) is 7.60. The van der Waals surface area contributed by atoms with Crippen LogP contribution in [0.15, 0.2) is 18.2 Å². The molecular weight excluding hydrogens is 437 g/mol. The van der Waals surface area contributed by atoms with Gasteiger partial charge in [-0.15, -0.1) is 0 Å². The number of fused-ring (bicyclic) bond motifs is 1. The Hall–Kier alpha value is -2.00. The number of pyridine rings is 1. The third kappa shape index (κ3) is 6.51. The van der Waals surface area contributed by atoms with Gasteiger partial charge in [-0.25, -0.2) is 4.98 Å². The molecular formula is C23H31F3N4OS. The van der Waals surface area contributed by atoms with Crippen molar-refractivity contribution in [3.63, 3.8) is 0 Å². The van der Waals surface area contributed by atoms with Crippen LogP contribution in [0.1, 0.15) is 48.8 Å². The molecule has 1 aromatic carbocycles. The fraction of sp³-hybridized carbons (Fsp3) is 0.565. The number of carbonyl (C=O) groups excluding carboxylic acids is 1. The van der Waals surface area contributed by atoms with Crippen LogP contribution in [0.5, 0.6) is 0 Å². The Labute approximate surface area is 191 Å². The van der Waals surface area contributed by atoms with E-state index in [0.717, 1.165) is 41.0 Å². The number of anilines is 1. The molecule has 0 spiro atoms. The normalized spacial score (nSPS) is 17.8. The van der Waals surface area contributed by atoms with Crippen molar-refractivity contribution in [3.8, 4) is 0 Å². The highest BCUT2D eigenvalue weighted by Crippen LogP contribution is 2.34. The Morgan fingerprint density at radius 2 is 2.00 bits per heavy atom. The minimum Gasteiger partial charge on any atom is -0.376 e. The van der Waals surface area contributed by atoms with Crippen LogP contribution in [0.3, 0.4) is 0 Å². The molecule has 0 saturated carbocycles. The van der Waals surface area contributed by atoms with Crippen molar-refractivity contribution in [2.75, 3.05) is 36.5 Å². The summed E-state index contributed by atoms with van der Waals surface area (Å²) in [6, 6.07) is 5.30. The molecule has 176 valence electrons. The second kappa shape index (κ2) is 9.87. The van der Waals surface area contributed by atoms with Crippen LogP contribution in [-0.4, -0.2) is 54.2 Å². The summed E-state index contributed by atoms with van der Waals surface area (Å²) in [6.45, 7) is 8.15. The van der Waals surface area contributed by atoms with Gasteiger partial charge >= 0.3 is 6.18 Å². The number of rotatable bonds is 5. The number of hydrogen-bond acceptors (Lipinski definition) is 5. The smallest absolute Gasteiger partial charge is 0.376 e. The Balaban J connectivity index is 1.90. The van der Waals surface area contributed by atoms with Crippen molar-refractivity contribution in [2.24, 2.45) is 0 Å². The minimum atomic E-state index is -4.31. The van der Waals surface area contributed by atoms with Gasteiger partial charge in [0.15, 0.2) is 0 Å². The van der Waals surface area contributed by atoms with E-state index in [1.54, 1.807) is 18.2 Å². The molecule has 2 aromatic rings. The molecule has 1 fully saturated rings. The lowest BCUT2D eigenvalue weighted by Gasteiger charge is -2.23. The number of benzene rings is 1. The predicted molar refractivity (Wildman–Crippen MR) is 126 cm³/mol. The molecule has 3 rings (SSSR count). The van der Waals surface area contributed by atoms with E-state index in [2.05, 4.69) is 20.9 Å². The van der Waals surface area contributed by atoms with Crippen LogP contribution < -0.4 is 16.0 Å². The van der Waals surface area contributed by atoms with Gasteiger partial charge in [0.25, 0.3) is 5.91 Å². The highest BCUT2D eigenvalue weighted by molar-refractivity contribution is 7.99. The maximum atomic E-state index is 12.9. The van der Waals surface area contributed by atoms with Gasteiger partial charge in [0, 0.05) is 29.4 Å². The predicted octanol–water partition coefficient (Wildman–Crippen LogP) is 4.64. The molecule has 2 heterocycles. The first-order valence-corrected chi connectivity index (χ1v) is 12.0. The summed E-state index contributed by atoms with van der Waals surface area (Å²) < 4.78 is 38.1. The van der Waals surface area contributed by atoms with Crippen LogP contribution >= 0.6 is 11.8 Å². The van der Waals surface area contributed by atoms with Crippen molar-refractivity contribution in [1.82, 2.24) is 15.6 Å². The third-order valence-electron chi connectivity index (χ3n) is 5.38. The molecule has 1 aromatic heterocycles. The number of amides is 1. The lowest BCUT2D eigenvalue weighted by molar-refractivity contribution is -0.115. The van der Waals surface area contributed by atoms with Gasteiger partial charge < -0.3 is 16.0 Å². The van der Waals surface area contributed by atoms with Crippen LogP contribution in [0, 0.1) is 6.92 Å². The van der Waals surface area contributed by atoms with Gasteiger partial charge in [0.05, 0.1) is 5.52 Å². The fourth-order valence-electron chi connectivity index (χ4n) is 3.69. The summed E-state index contributed by atoms with van der Waals surface area (Å²) in [5, 5.41) is 9.64. The third-order valence-corrected chi connectivity index (χ3v) is 6.60. The average Bonchev–Trinajstić information content (AvgIpc) is 2.97. The summed E-state index contributed by atoms with van der Waals surface area (Å²) in [4.78, 5) is 17.5. The zero-order valence-electron chi connectivity index (χ0n) is 18.9. The van der Waals surface area contributed by atoms with Crippen molar-refractivity contribution in [2.45, 2.75) is 51.7 Å². The van der Waals surface area contributed by atoms with Gasteiger partial charge in [0.1, 0.15) is 12.2 Å². The molecule has 1 aliphatic rings. The standard InChI is InChI=1S/C23H31F3N4OS/c1-14-8-19(21(31)28-11-16-12-32-7-5-6-27-16)30-20-17(14)9-15(29-13-23(24,25)26)10-18(20)22(2,3)4/h8-10,16,27,29H,5-7,11-13H2,1-4H3,(H,28,31). The van der Waals surface area contributed by atoms with E-state index >= 15 is 0 Å². The van der Waals surface area contributed by atoms with Crippen LogP contribution in [0.25, 0.3) is 10.9 Å². The lowest BCUT2D eigenvalue weighted by atomic mass is 9.84. The summed E-state index contributed by atoms with van der Waals surface area (Å²) in [6.07, 6.45) is -3.19. The largest absolute Gasteiger partial charge is 0.405 e. The SMILES string of the molecule is Cc1cc(C(=O)NCC2CSCCCN2)nc2c(C(C)(C)C)cc(NCC(F)(F)F)cc12. The van der Waals surface area contributed by atoms with E-state index in [9.17, 15) is 18.0 Å². The quantitative estimate of drug-likeness (QED) is 0.597. The van der Waals surface area contributed by atoms with Crippen LogP contribution in [0.4, 0.5) is 18.9 Å². The Bertz CT molecular complexity index is 964. The Morgan fingerprint density at radius 1 is 1.25 bits per heavy atom. The van der Waals surface area contributed by atoms with Crippen LogP contribution in [-0.2, 0) is 5.41 Å². The second-order valence-electron chi connectivity index (χ2n) is 9.25. The van der Waals surface area contributed by atoms with E-state index in [1.165, 1.54) is 0 Å². The Morgan fingerprint density at radius 3 is 2.69 bits per heavy atom. The summed E-state index contributed by atoms with van der Waals surface area (Å²) in [7, 11) is 0. The van der Waals surface area contributed by atoms with E-state index in [-0.39, 0.29) is 17.4 Å². The number of aromatic nitrogens is 1. The number of carbonyl (C=O) groups is 1. The molecule has 1 atom stereocenters. The maximum Gasteiger partial charge on any atom is 0.405 e. The van der Waals surface area contributed by atoms with E-state index in [4.69, 9.17) is 0 Å². The second-order valence-corrected chi connectivity index (χ2v) is 10.4. The number of hydrogen-bond donors (Lipinski definition) is 3. The first-order valence-electron chi connectivity index (χ1n) is 10.8. The van der Waals surface area contributed by atoms with Crippen molar-refractivity contribution < 1.29 is 18.0 Å². The van der Waals surface area contributed by atoms with Crippen molar-refractivity contribution in [1.29, 1.82) is 0 Å². The molecule has 32 heavy (non-hydrogen) atoms. The minimum absolute atomic E-state index is 0.223. The molecule has 0 bridgehead atoms. The molecule has 9 heteroatoms. The average molecular weight is 469 g/mol. The van der Waals surface area contributed by atoms with Gasteiger partial charge in [-0.2, -0.15) is 24.9 Å². The molecule has 1 saturated heterocycles. The first-order chi connectivity index (χ1) is 14.9. The summed E-state index contributed by atoms with van der Waals surface area (Å²) in [5.74, 6) is 1.83. The molecule has 1 unspecified atom stereocenters. The number of nitrogens with zero attached hydrogens (tertiary/aromatic N) is 1. The zero-order chi connectivity index (χ0) is 23.5. The van der Waals surface area contributed by atoms with Gasteiger partial charge in [-0.1, -0.05) is 20.8 Å². The van der Waals surface area contributed by atoms with E-state index in [1.807, 2.05) is 39.5 Å². The lowest BCUT2D eigenvalue weighted by Crippen LogP contribution is -2.42. The maximum absolute atomic E-state index is 12.9. The molecule has 5 nitrogen and oxygen atoms in total. The monoisotopic (exact) mass is 468 g/mol. The van der Waals surface area contributed by atoms with Gasteiger partial charge in [0.2, 0.25) is 0 Å². The molecule has 1 aliphatic heterocycles. The van der Waals surface area contributed by atoms with Crippen molar-refractivity contribution in [3.05, 3.63) is 35.0 Å². The number of thioether (sulfide) groups is 1. The number of aryl methyl sites for hydroxylation is 1. The highest BCUT2D eigenvalue weighted by atomic mass is 32.2. The molecule has 1 amide bonds. The van der Waals surface area contributed by atoms with Crippen molar-refractivity contribution >= 4 is 34.3 Å². The fourth-order valence-corrected chi connectivity index (χ4v) is 4.72.